The zero-order valence-electron chi connectivity index (χ0n) is 19.2. The van der Waals surface area contributed by atoms with Crippen molar-refractivity contribution in [3.8, 4) is 5.75 Å². The zero-order valence-corrected chi connectivity index (χ0v) is 19.2. The molecule has 1 aromatic carbocycles. The lowest BCUT2D eigenvalue weighted by atomic mass is 10.1. The number of ether oxygens (including phenoxy) is 1. The number of hydrogen-bond donors (Lipinski definition) is 0. The number of aromatic nitrogens is 2. The summed E-state index contributed by atoms with van der Waals surface area (Å²) in [6.45, 7) is 9.28. The molecular formula is C24H31N5O3. The van der Waals surface area contributed by atoms with Gasteiger partial charge in [-0.05, 0) is 19.1 Å². The van der Waals surface area contributed by atoms with Gasteiger partial charge in [-0.2, -0.15) is 0 Å². The van der Waals surface area contributed by atoms with Crippen LogP contribution in [0.4, 0.5) is 11.5 Å². The normalized spacial score (nSPS) is 19.1. The number of nitrogens with zero attached hydrogens (tertiary/aromatic N) is 5. The van der Waals surface area contributed by atoms with Gasteiger partial charge in [-0.3, -0.25) is 9.59 Å². The number of hydrogen-bond acceptors (Lipinski definition) is 6. The Morgan fingerprint density at radius 2 is 1.88 bits per heavy atom. The summed E-state index contributed by atoms with van der Waals surface area (Å²) in [5.41, 5.74) is 1.73. The molecule has 8 nitrogen and oxygen atoms in total. The minimum absolute atomic E-state index is 0.0204. The smallest absolute Gasteiger partial charge is 0.228 e. The average molecular weight is 438 g/mol. The third kappa shape index (κ3) is 4.54. The van der Waals surface area contributed by atoms with Gasteiger partial charge >= 0.3 is 0 Å². The molecular weight excluding hydrogens is 406 g/mol. The molecule has 2 amide bonds. The molecule has 1 unspecified atom stereocenters. The molecule has 8 heteroatoms. The van der Waals surface area contributed by atoms with Crippen LogP contribution in [0.3, 0.4) is 0 Å². The van der Waals surface area contributed by atoms with Crippen LogP contribution in [0.2, 0.25) is 0 Å². The minimum atomic E-state index is -0.311. The third-order valence-electron chi connectivity index (χ3n) is 6.13. The van der Waals surface area contributed by atoms with E-state index in [1.165, 1.54) is 0 Å². The van der Waals surface area contributed by atoms with Crippen molar-refractivity contribution >= 4 is 23.3 Å². The van der Waals surface area contributed by atoms with Gasteiger partial charge in [0.15, 0.2) is 0 Å². The van der Waals surface area contributed by atoms with Gasteiger partial charge in [0, 0.05) is 68.6 Å². The van der Waals surface area contributed by atoms with E-state index in [2.05, 4.69) is 23.7 Å². The van der Waals surface area contributed by atoms with Gasteiger partial charge in [0.1, 0.15) is 17.4 Å². The Kier molecular flexibility index (Phi) is 6.30. The highest BCUT2D eigenvalue weighted by Gasteiger charge is 2.38. The first-order valence-corrected chi connectivity index (χ1v) is 11.2. The Morgan fingerprint density at radius 3 is 2.56 bits per heavy atom. The Hall–Kier alpha value is -3.16. The van der Waals surface area contributed by atoms with Gasteiger partial charge in [-0.15, -0.1) is 0 Å². The fourth-order valence-electron chi connectivity index (χ4n) is 4.31. The highest BCUT2D eigenvalue weighted by atomic mass is 16.5. The largest absolute Gasteiger partial charge is 0.497 e. The molecule has 0 radical (unpaired) electrons. The topological polar surface area (TPSA) is 78.9 Å². The lowest BCUT2D eigenvalue weighted by Crippen LogP contribution is -2.51. The van der Waals surface area contributed by atoms with Crippen molar-refractivity contribution in [3.63, 3.8) is 0 Å². The molecule has 0 aliphatic carbocycles. The van der Waals surface area contributed by atoms with Crippen LogP contribution in [0.1, 0.15) is 37.7 Å². The quantitative estimate of drug-likeness (QED) is 0.716. The lowest BCUT2D eigenvalue weighted by molar-refractivity contribution is -0.136. The van der Waals surface area contributed by atoms with Crippen molar-refractivity contribution in [2.45, 2.75) is 33.1 Å². The second-order valence-corrected chi connectivity index (χ2v) is 8.80. The van der Waals surface area contributed by atoms with Crippen LogP contribution in [-0.4, -0.2) is 66.5 Å². The molecule has 0 saturated carbocycles. The highest BCUT2D eigenvalue weighted by molar-refractivity contribution is 6.00. The molecule has 2 fully saturated rings. The van der Waals surface area contributed by atoms with E-state index in [0.717, 1.165) is 36.1 Å². The van der Waals surface area contributed by atoms with E-state index in [1.54, 1.807) is 12.0 Å². The molecule has 2 aliphatic heterocycles. The van der Waals surface area contributed by atoms with E-state index < -0.39 is 0 Å². The van der Waals surface area contributed by atoms with Gasteiger partial charge in [0.2, 0.25) is 11.8 Å². The number of aryl methyl sites for hydroxylation is 1. The summed E-state index contributed by atoms with van der Waals surface area (Å²) < 4.78 is 5.27. The first kappa shape index (κ1) is 22.0. The van der Waals surface area contributed by atoms with Gasteiger partial charge in [-0.25, -0.2) is 9.97 Å². The van der Waals surface area contributed by atoms with Crippen LogP contribution in [0.5, 0.6) is 5.75 Å². The van der Waals surface area contributed by atoms with Gasteiger partial charge in [0.25, 0.3) is 0 Å². The molecule has 2 aromatic rings. The molecule has 1 aromatic heterocycles. The zero-order chi connectivity index (χ0) is 22.8. The predicted octanol–water partition coefficient (Wildman–Crippen LogP) is 2.62. The second kappa shape index (κ2) is 9.14. The first-order valence-electron chi connectivity index (χ1n) is 11.2. The Labute approximate surface area is 189 Å². The molecule has 32 heavy (non-hydrogen) atoms. The van der Waals surface area contributed by atoms with Crippen molar-refractivity contribution in [3.05, 3.63) is 41.9 Å². The number of amides is 2. The number of anilines is 2. The van der Waals surface area contributed by atoms with E-state index in [4.69, 9.17) is 9.72 Å². The van der Waals surface area contributed by atoms with Crippen LogP contribution in [0.15, 0.2) is 30.3 Å². The van der Waals surface area contributed by atoms with E-state index in [-0.39, 0.29) is 30.1 Å². The summed E-state index contributed by atoms with van der Waals surface area (Å²) in [5.74, 6) is 2.46. The van der Waals surface area contributed by atoms with Crippen molar-refractivity contribution in [2.24, 2.45) is 5.92 Å². The SMILES string of the molecule is COc1cccc(N2CC(C(=O)N3CCN(c4cc(C)nc(C(C)C)n4)CC3)CC2=O)c1. The van der Waals surface area contributed by atoms with Crippen molar-refractivity contribution < 1.29 is 14.3 Å². The number of benzene rings is 1. The second-order valence-electron chi connectivity index (χ2n) is 8.80. The summed E-state index contributed by atoms with van der Waals surface area (Å²) in [6, 6.07) is 9.41. The number of rotatable bonds is 5. The summed E-state index contributed by atoms with van der Waals surface area (Å²) in [7, 11) is 1.60. The number of methoxy groups -OCH3 is 1. The Morgan fingerprint density at radius 1 is 1.12 bits per heavy atom. The van der Waals surface area contributed by atoms with E-state index in [0.29, 0.717) is 25.4 Å². The van der Waals surface area contributed by atoms with Crippen molar-refractivity contribution in [1.29, 1.82) is 0 Å². The van der Waals surface area contributed by atoms with Gasteiger partial charge in [0.05, 0.1) is 13.0 Å². The van der Waals surface area contributed by atoms with Crippen LogP contribution >= 0.6 is 0 Å². The molecule has 1 atom stereocenters. The minimum Gasteiger partial charge on any atom is -0.497 e. The van der Waals surface area contributed by atoms with E-state index in [9.17, 15) is 9.59 Å². The molecule has 2 aliphatic rings. The van der Waals surface area contributed by atoms with Gasteiger partial charge in [-0.1, -0.05) is 19.9 Å². The predicted molar refractivity (Wildman–Crippen MR) is 123 cm³/mol. The molecule has 4 rings (SSSR count). The number of piperazine rings is 1. The van der Waals surface area contributed by atoms with Crippen LogP contribution in [0.25, 0.3) is 0 Å². The van der Waals surface area contributed by atoms with Crippen LogP contribution in [-0.2, 0) is 9.59 Å². The Balaban J connectivity index is 1.38. The highest BCUT2D eigenvalue weighted by Crippen LogP contribution is 2.29. The number of carbonyl (C=O) groups excluding carboxylic acids is 2. The molecule has 3 heterocycles. The molecule has 170 valence electrons. The Bertz CT molecular complexity index is 1000. The van der Waals surface area contributed by atoms with Crippen LogP contribution < -0.4 is 14.5 Å². The van der Waals surface area contributed by atoms with Gasteiger partial charge < -0.3 is 19.4 Å². The molecule has 0 N–H and O–H groups in total. The maximum Gasteiger partial charge on any atom is 0.228 e. The van der Waals surface area contributed by atoms with Crippen molar-refractivity contribution in [1.82, 2.24) is 14.9 Å². The monoisotopic (exact) mass is 437 g/mol. The van der Waals surface area contributed by atoms with E-state index in [1.807, 2.05) is 42.2 Å². The standard InChI is InChI=1S/C24H31N5O3/c1-16(2)23-25-17(3)12-21(26-23)27-8-10-28(11-9-27)24(31)18-13-22(30)29(15-18)19-6-5-7-20(14-19)32-4/h5-7,12,14,16,18H,8-11,13,15H2,1-4H3. The van der Waals surface area contributed by atoms with Crippen molar-refractivity contribution in [2.75, 3.05) is 49.6 Å². The lowest BCUT2D eigenvalue weighted by Gasteiger charge is -2.36. The summed E-state index contributed by atoms with van der Waals surface area (Å²) in [6.07, 6.45) is 0.249. The fraction of sp³-hybridized carbons (Fsp3) is 0.500. The maximum atomic E-state index is 13.2. The molecule has 0 spiro atoms. The molecule has 2 saturated heterocycles. The third-order valence-corrected chi connectivity index (χ3v) is 6.13. The summed E-state index contributed by atoms with van der Waals surface area (Å²) >= 11 is 0. The first-order chi connectivity index (χ1) is 15.4. The average Bonchev–Trinajstić information content (AvgIpc) is 3.20. The number of carbonyl (C=O) groups is 2. The van der Waals surface area contributed by atoms with Crippen LogP contribution in [0, 0.1) is 12.8 Å². The van der Waals surface area contributed by atoms with E-state index >= 15 is 0 Å². The summed E-state index contributed by atoms with van der Waals surface area (Å²) in [5, 5.41) is 0. The summed E-state index contributed by atoms with van der Waals surface area (Å²) in [4.78, 5) is 40.8. The molecule has 0 bridgehead atoms. The fourth-order valence-corrected chi connectivity index (χ4v) is 4.31. The maximum absolute atomic E-state index is 13.2.